The zero-order valence-corrected chi connectivity index (χ0v) is 10.9. The molecule has 0 amide bonds. The number of methoxy groups -OCH3 is 3. The molecule has 0 aliphatic heterocycles. The van der Waals surface area contributed by atoms with E-state index in [4.69, 9.17) is 19.9 Å². The van der Waals surface area contributed by atoms with Crippen molar-refractivity contribution in [1.82, 2.24) is 0 Å². The molecule has 0 saturated carbocycles. The SMILES string of the molecule is COCCC(C)(N)c1ccc(OC)c(OC)c1. The van der Waals surface area contributed by atoms with Crippen LogP contribution in [0.3, 0.4) is 0 Å². The van der Waals surface area contributed by atoms with Crippen molar-refractivity contribution in [3.8, 4) is 11.5 Å². The molecule has 1 atom stereocenters. The third-order valence-corrected chi connectivity index (χ3v) is 2.87. The Kier molecular flexibility index (Phi) is 4.78. The van der Waals surface area contributed by atoms with Crippen LogP contribution in [-0.2, 0) is 10.3 Å². The molecule has 2 N–H and O–H groups in total. The second-order valence-corrected chi connectivity index (χ2v) is 4.23. The van der Waals surface area contributed by atoms with Gasteiger partial charge in [-0.1, -0.05) is 6.07 Å². The van der Waals surface area contributed by atoms with E-state index >= 15 is 0 Å². The van der Waals surface area contributed by atoms with Gasteiger partial charge in [0.1, 0.15) is 0 Å². The summed E-state index contributed by atoms with van der Waals surface area (Å²) in [6.07, 6.45) is 0.749. The summed E-state index contributed by atoms with van der Waals surface area (Å²) in [5.41, 5.74) is 6.83. The van der Waals surface area contributed by atoms with Gasteiger partial charge in [0.2, 0.25) is 0 Å². The molecule has 1 unspecified atom stereocenters. The Balaban J connectivity index is 2.98. The second-order valence-electron chi connectivity index (χ2n) is 4.23. The molecule has 4 heteroatoms. The first-order chi connectivity index (χ1) is 8.05. The number of rotatable bonds is 6. The molecule has 0 aliphatic rings. The third kappa shape index (κ3) is 3.35. The van der Waals surface area contributed by atoms with Crippen LogP contribution in [0.4, 0.5) is 0 Å². The topological polar surface area (TPSA) is 53.7 Å². The highest BCUT2D eigenvalue weighted by Gasteiger charge is 2.22. The van der Waals surface area contributed by atoms with E-state index in [1.807, 2.05) is 25.1 Å². The van der Waals surface area contributed by atoms with Gasteiger partial charge >= 0.3 is 0 Å². The van der Waals surface area contributed by atoms with Crippen LogP contribution in [0.5, 0.6) is 11.5 Å². The van der Waals surface area contributed by atoms with Gasteiger partial charge in [-0.05, 0) is 31.0 Å². The summed E-state index contributed by atoms with van der Waals surface area (Å²) < 4.78 is 15.5. The van der Waals surface area contributed by atoms with Crippen LogP contribution in [0.15, 0.2) is 18.2 Å². The number of ether oxygens (including phenoxy) is 3. The largest absolute Gasteiger partial charge is 0.493 e. The molecule has 0 aromatic heterocycles. The van der Waals surface area contributed by atoms with Gasteiger partial charge in [0.05, 0.1) is 14.2 Å². The molecule has 0 radical (unpaired) electrons. The maximum Gasteiger partial charge on any atom is 0.161 e. The van der Waals surface area contributed by atoms with Crippen molar-refractivity contribution in [1.29, 1.82) is 0 Å². The summed E-state index contributed by atoms with van der Waals surface area (Å²) in [7, 11) is 4.90. The van der Waals surface area contributed by atoms with Gasteiger partial charge in [0.15, 0.2) is 11.5 Å². The van der Waals surface area contributed by atoms with Crippen LogP contribution >= 0.6 is 0 Å². The fourth-order valence-electron chi connectivity index (χ4n) is 1.65. The summed E-state index contributed by atoms with van der Waals surface area (Å²) in [6.45, 7) is 2.61. The quantitative estimate of drug-likeness (QED) is 0.824. The summed E-state index contributed by atoms with van der Waals surface area (Å²) in [6, 6.07) is 5.73. The Morgan fingerprint density at radius 3 is 2.29 bits per heavy atom. The van der Waals surface area contributed by atoms with Gasteiger partial charge in [-0.2, -0.15) is 0 Å². The monoisotopic (exact) mass is 239 g/mol. The Morgan fingerprint density at radius 1 is 1.12 bits per heavy atom. The average Bonchev–Trinajstić information content (AvgIpc) is 2.35. The van der Waals surface area contributed by atoms with Crippen LogP contribution in [0, 0.1) is 0 Å². The molecule has 96 valence electrons. The first kappa shape index (κ1) is 13.8. The highest BCUT2D eigenvalue weighted by atomic mass is 16.5. The molecular formula is C13H21NO3. The van der Waals surface area contributed by atoms with Crippen molar-refractivity contribution in [3.63, 3.8) is 0 Å². The van der Waals surface area contributed by atoms with Crippen LogP contribution < -0.4 is 15.2 Å². The lowest BCUT2D eigenvalue weighted by Gasteiger charge is -2.25. The van der Waals surface area contributed by atoms with Crippen LogP contribution in [0.25, 0.3) is 0 Å². The van der Waals surface area contributed by atoms with Gasteiger partial charge in [-0.3, -0.25) is 0 Å². The van der Waals surface area contributed by atoms with Gasteiger partial charge in [-0.25, -0.2) is 0 Å². The minimum Gasteiger partial charge on any atom is -0.493 e. The molecule has 0 heterocycles. The first-order valence-electron chi connectivity index (χ1n) is 5.55. The van der Waals surface area contributed by atoms with Crippen LogP contribution in [-0.4, -0.2) is 27.9 Å². The standard InChI is InChI=1S/C13H21NO3/c1-13(14,7-8-15-2)10-5-6-11(16-3)12(9-10)17-4/h5-6,9H,7-8,14H2,1-4H3. The van der Waals surface area contributed by atoms with Gasteiger partial charge in [0.25, 0.3) is 0 Å². The molecule has 0 spiro atoms. The third-order valence-electron chi connectivity index (χ3n) is 2.87. The van der Waals surface area contributed by atoms with E-state index in [0.717, 1.165) is 12.0 Å². The maximum absolute atomic E-state index is 6.26. The normalized spacial score (nSPS) is 14.2. The fourth-order valence-corrected chi connectivity index (χ4v) is 1.65. The number of hydrogen-bond donors (Lipinski definition) is 1. The van der Waals surface area contributed by atoms with E-state index < -0.39 is 5.54 Å². The predicted octanol–water partition coefficient (Wildman–Crippen LogP) is 1.91. The number of hydrogen-bond acceptors (Lipinski definition) is 4. The summed E-state index contributed by atoms with van der Waals surface area (Å²) in [5, 5.41) is 0. The van der Waals surface area contributed by atoms with Crippen molar-refractivity contribution < 1.29 is 14.2 Å². The van der Waals surface area contributed by atoms with E-state index in [-0.39, 0.29) is 0 Å². The Labute approximate surface area is 103 Å². The molecular weight excluding hydrogens is 218 g/mol. The minimum atomic E-state index is -0.435. The lowest BCUT2D eigenvalue weighted by Crippen LogP contribution is -2.34. The van der Waals surface area contributed by atoms with Crippen molar-refractivity contribution >= 4 is 0 Å². The molecule has 0 saturated heterocycles. The van der Waals surface area contributed by atoms with Crippen LogP contribution in [0.1, 0.15) is 18.9 Å². The van der Waals surface area contributed by atoms with E-state index in [1.165, 1.54) is 0 Å². The second kappa shape index (κ2) is 5.89. The average molecular weight is 239 g/mol. The summed E-state index contributed by atoms with van der Waals surface area (Å²) >= 11 is 0. The minimum absolute atomic E-state index is 0.435. The van der Waals surface area contributed by atoms with Crippen molar-refractivity contribution in [3.05, 3.63) is 23.8 Å². The number of nitrogens with two attached hydrogens (primary N) is 1. The summed E-state index contributed by atoms with van der Waals surface area (Å²) in [5.74, 6) is 1.40. The first-order valence-corrected chi connectivity index (χ1v) is 5.55. The molecule has 0 aliphatic carbocycles. The highest BCUT2D eigenvalue weighted by Crippen LogP contribution is 2.32. The van der Waals surface area contributed by atoms with Gasteiger partial charge in [0, 0.05) is 19.3 Å². The molecule has 1 rings (SSSR count). The molecule has 1 aromatic carbocycles. The van der Waals surface area contributed by atoms with Crippen molar-refractivity contribution in [2.24, 2.45) is 5.73 Å². The van der Waals surface area contributed by atoms with E-state index in [9.17, 15) is 0 Å². The van der Waals surface area contributed by atoms with Crippen molar-refractivity contribution in [2.45, 2.75) is 18.9 Å². The molecule has 17 heavy (non-hydrogen) atoms. The zero-order chi connectivity index (χ0) is 12.9. The van der Waals surface area contributed by atoms with Crippen LogP contribution in [0.2, 0.25) is 0 Å². The lowest BCUT2D eigenvalue weighted by molar-refractivity contribution is 0.172. The summed E-state index contributed by atoms with van der Waals surface area (Å²) in [4.78, 5) is 0. The van der Waals surface area contributed by atoms with E-state index in [2.05, 4.69) is 0 Å². The Morgan fingerprint density at radius 2 is 1.76 bits per heavy atom. The van der Waals surface area contributed by atoms with Crippen molar-refractivity contribution in [2.75, 3.05) is 27.9 Å². The highest BCUT2D eigenvalue weighted by molar-refractivity contribution is 5.44. The molecule has 0 fully saturated rings. The smallest absolute Gasteiger partial charge is 0.161 e. The van der Waals surface area contributed by atoms with Gasteiger partial charge < -0.3 is 19.9 Å². The molecule has 0 bridgehead atoms. The number of benzene rings is 1. The Hall–Kier alpha value is -1.26. The molecule has 1 aromatic rings. The maximum atomic E-state index is 6.26. The predicted molar refractivity (Wildman–Crippen MR) is 67.6 cm³/mol. The Bertz CT molecular complexity index is 364. The fraction of sp³-hybridized carbons (Fsp3) is 0.538. The molecule has 4 nitrogen and oxygen atoms in total. The van der Waals surface area contributed by atoms with E-state index in [1.54, 1.807) is 21.3 Å². The lowest BCUT2D eigenvalue weighted by atomic mass is 9.90. The van der Waals surface area contributed by atoms with E-state index in [0.29, 0.717) is 18.1 Å². The zero-order valence-electron chi connectivity index (χ0n) is 10.9. The van der Waals surface area contributed by atoms with Gasteiger partial charge in [-0.15, -0.1) is 0 Å².